The number of phosphoric ester groups is 3. The summed E-state index contributed by atoms with van der Waals surface area (Å²) < 4.78 is 62.6. The molecule has 23 nitrogen and oxygen atoms in total. The van der Waals surface area contributed by atoms with Crippen LogP contribution in [0.3, 0.4) is 0 Å². The number of aliphatic hydroxyl groups excluding tert-OH is 2. The molecule has 2 aromatic rings. The van der Waals surface area contributed by atoms with E-state index in [0.717, 1.165) is 23.0 Å². The van der Waals surface area contributed by atoms with Crippen molar-refractivity contribution in [3.05, 3.63) is 12.7 Å². The minimum Gasteiger partial charge on any atom is -0.386 e. The number of anilines is 1. The van der Waals surface area contributed by atoms with E-state index in [2.05, 4.69) is 48.3 Å². The van der Waals surface area contributed by atoms with Crippen LogP contribution in [-0.4, -0.2) is 123 Å². The molecule has 3 rings (SSSR count). The zero-order valence-electron chi connectivity index (χ0n) is 36.9. The lowest BCUT2D eigenvalue weighted by Gasteiger charge is -2.30. The Morgan fingerprint density at radius 2 is 1.52 bits per heavy atom. The Kier molecular flexibility index (Phi) is 23.7. The van der Waals surface area contributed by atoms with E-state index in [4.69, 9.17) is 19.5 Å². The standard InChI is InChI=1S/C37H68N7O16P3S/c1-5-7-9-11-13-15-17-26(16-14-12-10-8-6-2)64-21-20-39-28(45)18-19-40-35(48)32(47)37(3,4)23-57-63(54,55)60-62(52,53)56-22-27-31(59-61(49,50)51)30(46)36(58-27)44-25-43-29-33(38)41-24-42-34(29)44/h24-27,30-32,36,46-47H,5-23H2,1-4H3,(H,39,45)(H,40,48)(H,52,53)(H,54,55)(H2,38,41,42)(H2,49,50,51)/t26?,27-,30-,31-,32?,36-/m1/s1. The van der Waals surface area contributed by atoms with Gasteiger partial charge in [-0.1, -0.05) is 98.3 Å². The van der Waals surface area contributed by atoms with Crippen molar-refractivity contribution in [2.45, 2.75) is 153 Å². The molecule has 0 aromatic carbocycles. The van der Waals surface area contributed by atoms with Crippen LogP contribution < -0.4 is 16.4 Å². The monoisotopic (exact) mass is 991 g/mol. The first kappa shape index (κ1) is 56.2. The number of imidazole rings is 1. The molecule has 3 heterocycles. The molecule has 0 radical (unpaired) electrons. The van der Waals surface area contributed by atoms with Gasteiger partial charge >= 0.3 is 23.5 Å². The number of unbranched alkanes of at least 4 members (excludes halogenated alkanes) is 9. The Bertz CT molecular complexity index is 1890. The van der Waals surface area contributed by atoms with Crippen molar-refractivity contribution in [2.24, 2.45) is 5.41 Å². The molecule has 1 aliphatic rings. The Morgan fingerprint density at radius 1 is 0.906 bits per heavy atom. The smallest absolute Gasteiger partial charge is 0.386 e. The zero-order chi connectivity index (χ0) is 47.6. The fraction of sp³-hybridized carbons (Fsp3) is 0.811. The van der Waals surface area contributed by atoms with Crippen LogP contribution in [0.1, 0.15) is 124 Å². The summed E-state index contributed by atoms with van der Waals surface area (Å²) in [4.78, 5) is 76.6. The number of nitrogens with zero attached hydrogens (tertiary/aromatic N) is 4. The van der Waals surface area contributed by atoms with Gasteiger partial charge in [-0.2, -0.15) is 16.1 Å². The summed E-state index contributed by atoms with van der Waals surface area (Å²) in [6.45, 7) is 5.41. The highest BCUT2D eigenvalue weighted by Gasteiger charge is 2.50. The largest absolute Gasteiger partial charge is 0.481 e. The van der Waals surface area contributed by atoms with Crippen molar-refractivity contribution in [3.63, 3.8) is 0 Å². The molecule has 0 spiro atoms. The normalized spacial score (nSPS) is 21.0. The number of aliphatic hydroxyl groups is 2. The number of aromatic nitrogens is 4. The van der Waals surface area contributed by atoms with Gasteiger partial charge in [-0.05, 0) is 12.8 Å². The molecule has 1 aliphatic heterocycles. The second-order valence-electron chi connectivity index (χ2n) is 16.3. The number of nitrogens with one attached hydrogen (secondary N) is 2. The number of ether oxygens (including phenoxy) is 1. The molecule has 2 amide bonds. The van der Waals surface area contributed by atoms with E-state index in [1.54, 1.807) is 0 Å². The lowest BCUT2D eigenvalue weighted by atomic mass is 9.87. The van der Waals surface area contributed by atoms with E-state index in [0.29, 0.717) is 11.8 Å². The number of hydrogen-bond donors (Lipinski definition) is 9. The van der Waals surface area contributed by atoms with Crippen LogP contribution in [0.5, 0.6) is 0 Å². The van der Waals surface area contributed by atoms with Crippen molar-refractivity contribution >= 4 is 64.0 Å². The lowest BCUT2D eigenvalue weighted by molar-refractivity contribution is -0.137. The van der Waals surface area contributed by atoms with Gasteiger partial charge < -0.3 is 50.9 Å². The molecule has 4 unspecified atom stereocenters. The van der Waals surface area contributed by atoms with Crippen LogP contribution in [0.25, 0.3) is 11.2 Å². The molecule has 1 fully saturated rings. The molecule has 0 bridgehead atoms. The highest BCUT2D eigenvalue weighted by molar-refractivity contribution is 7.99. The third-order valence-corrected chi connectivity index (χ3v) is 14.8. The van der Waals surface area contributed by atoms with E-state index in [1.807, 2.05) is 11.8 Å². The maximum absolute atomic E-state index is 12.8. The third kappa shape index (κ3) is 19.6. The van der Waals surface area contributed by atoms with E-state index in [1.165, 1.54) is 97.3 Å². The number of rotatable bonds is 33. The summed E-state index contributed by atoms with van der Waals surface area (Å²) in [5.74, 6) is -0.465. The number of carbonyl (C=O) groups is 2. The number of nitrogens with two attached hydrogens (primary N) is 1. The number of fused-ring (bicyclic) bond motifs is 1. The molecule has 1 saturated heterocycles. The van der Waals surface area contributed by atoms with Crippen molar-refractivity contribution in [2.75, 3.05) is 37.8 Å². The number of hydrogen-bond acceptors (Lipinski definition) is 17. The Balaban J connectivity index is 1.43. The van der Waals surface area contributed by atoms with Gasteiger partial charge in [0.25, 0.3) is 0 Å². The van der Waals surface area contributed by atoms with Crippen LogP contribution >= 0.6 is 35.2 Å². The first-order chi connectivity index (χ1) is 30.1. The highest BCUT2D eigenvalue weighted by Crippen LogP contribution is 2.61. The van der Waals surface area contributed by atoms with Crippen molar-refractivity contribution < 1.29 is 75.7 Å². The van der Waals surface area contributed by atoms with Gasteiger partial charge in [0, 0.05) is 35.9 Å². The first-order valence-corrected chi connectivity index (χ1v) is 27.2. The highest BCUT2D eigenvalue weighted by atomic mass is 32.2. The van der Waals surface area contributed by atoms with Gasteiger partial charge in [-0.25, -0.2) is 28.6 Å². The molecule has 0 aliphatic carbocycles. The van der Waals surface area contributed by atoms with Crippen LogP contribution in [0.15, 0.2) is 12.7 Å². The fourth-order valence-corrected chi connectivity index (χ4v) is 10.8. The predicted molar refractivity (Wildman–Crippen MR) is 237 cm³/mol. The van der Waals surface area contributed by atoms with Gasteiger partial charge in [0.15, 0.2) is 17.7 Å². The molecule has 10 N–H and O–H groups in total. The number of nitrogen functional groups attached to an aromatic ring is 1. The number of amides is 2. The predicted octanol–water partition coefficient (Wildman–Crippen LogP) is 4.62. The van der Waals surface area contributed by atoms with Gasteiger partial charge in [0.2, 0.25) is 11.8 Å². The number of thioether (sulfide) groups is 1. The minimum absolute atomic E-state index is 0.0317. The average molecular weight is 992 g/mol. The topological polar surface area (TPSA) is 347 Å². The summed E-state index contributed by atoms with van der Waals surface area (Å²) in [7, 11) is -16.4. The summed E-state index contributed by atoms with van der Waals surface area (Å²) in [5, 5.41) is 27.5. The van der Waals surface area contributed by atoms with Gasteiger partial charge in [0.05, 0.1) is 19.5 Å². The van der Waals surface area contributed by atoms with Crippen LogP contribution in [0, 0.1) is 5.41 Å². The quantitative estimate of drug-likeness (QED) is 0.0348. The maximum Gasteiger partial charge on any atom is 0.481 e. The molecule has 368 valence electrons. The molecule has 64 heavy (non-hydrogen) atoms. The molecular weight excluding hydrogens is 923 g/mol. The van der Waals surface area contributed by atoms with Crippen LogP contribution in [0.2, 0.25) is 0 Å². The van der Waals surface area contributed by atoms with Crippen molar-refractivity contribution in [3.8, 4) is 0 Å². The Labute approximate surface area is 378 Å². The molecule has 2 aromatic heterocycles. The molecular formula is C37H68N7O16P3S. The van der Waals surface area contributed by atoms with E-state index >= 15 is 0 Å². The summed E-state index contributed by atoms with van der Waals surface area (Å²) >= 11 is 1.89. The van der Waals surface area contributed by atoms with Crippen molar-refractivity contribution in [1.82, 2.24) is 30.2 Å². The SMILES string of the molecule is CCCCCCCCC(CCCCCCC)SCCNC(=O)CCNC(=O)C(O)C(C)(C)COP(=O)(O)OP(=O)(O)OC[C@H]1O[C@@H](n2cnc3c(N)ncnc32)[C@H](O)[C@@H]1OP(=O)(O)O. The second-order valence-corrected chi connectivity index (χ2v) is 22.0. The fourth-order valence-electron chi connectivity index (χ4n) is 6.79. The first-order valence-electron chi connectivity index (χ1n) is 21.6. The summed E-state index contributed by atoms with van der Waals surface area (Å²) in [6, 6.07) is 0. The average Bonchev–Trinajstić information content (AvgIpc) is 3.78. The Hall–Kier alpha value is -2.11. The van der Waals surface area contributed by atoms with Gasteiger partial charge in [-0.3, -0.25) is 27.7 Å². The van der Waals surface area contributed by atoms with E-state index in [-0.39, 0.29) is 35.9 Å². The van der Waals surface area contributed by atoms with E-state index < -0.39 is 78.6 Å². The van der Waals surface area contributed by atoms with Crippen molar-refractivity contribution in [1.29, 1.82) is 0 Å². The Morgan fingerprint density at radius 3 is 2.14 bits per heavy atom. The molecule has 0 saturated carbocycles. The third-order valence-electron chi connectivity index (χ3n) is 10.4. The molecule has 8 atom stereocenters. The maximum atomic E-state index is 12.8. The second kappa shape index (κ2) is 27.0. The number of phosphoric acid groups is 3. The lowest BCUT2D eigenvalue weighted by Crippen LogP contribution is -2.46. The zero-order valence-corrected chi connectivity index (χ0v) is 40.4. The number of carbonyl (C=O) groups excluding carboxylic acids is 2. The summed E-state index contributed by atoms with van der Waals surface area (Å²) in [6.07, 6.45) is 9.31. The minimum atomic E-state index is -5.56. The molecule has 27 heteroatoms. The van der Waals surface area contributed by atoms with Crippen LogP contribution in [0.4, 0.5) is 5.82 Å². The van der Waals surface area contributed by atoms with E-state index in [9.17, 15) is 53.1 Å². The van der Waals surface area contributed by atoms with Crippen LogP contribution in [-0.2, 0) is 45.9 Å². The van der Waals surface area contributed by atoms with Gasteiger partial charge in [-0.15, -0.1) is 0 Å². The van der Waals surface area contributed by atoms with Gasteiger partial charge in [0.1, 0.15) is 36.3 Å². The summed E-state index contributed by atoms with van der Waals surface area (Å²) in [5.41, 5.74) is 4.35.